The van der Waals surface area contributed by atoms with E-state index in [1.807, 2.05) is 0 Å². The highest BCUT2D eigenvalue weighted by molar-refractivity contribution is 7.92. The normalized spacial score (nSPS) is 10.9. The quantitative estimate of drug-likeness (QED) is 0.864. The van der Waals surface area contributed by atoms with Crippen LogP contribution in [0.15, 0.2) is 47.4 Å². The number of amides is 1. The molecule has 0 aromatic heterocycles. The molecule has 8 heteroatoms. The maximum Gasteiger partial charge on any atom is 0.262 e. The van der Waals surface area contributed by atoms with Crippen LogP contribution in [-0.2, 0) is 10.0 Å². The molecule has 0 saturated carbocycles. The van der Waals surface area contributed by atoms with E-state index in [0.29, 0.717) is 10.6 Å². The fourth-order valence-electron chi connectivity index (χ4n) is 1.90. The summed E-state index contributed by atoms with van der Waals surface area (Å²) in [7, 11) is -0.929. The van der Waals surface area contributed by atoms with Gasteiger partial charge in [-0.2, -0.15) is 0 Å². The van der Waals surface area contributed by atoms with E-state index < -0.39 is 10.0 Å². The van der Waals surface area contributed by atoms with E-state index in [4.69, 9.17) is 16.3 Å². The number of carbonyl (C=O) groups is 1. The lowest BCUT2D eigenvalue weighted by atomic mass is 10.2. The molecular weight excluding hydrogens is 340 g/mol. The van der Waals surface area contributed by atoms with Gasteiger partial charge >= 0.3 is 0 Å². The van der Waals surface area contributed by atoms with Gasteiger partial charge in [0.2, 0.25) is 0 Å². The second-order valence-electron chi connectivity index (χ2n) is 4.56. The number of rotatable bonds is 5. The van der Waals surface area contributed by atoms with Crippen LogP contribution in [0.5, 0.6) is 5.75 Å². The second-order valence-corrected chi connectivity index (χ2v) is 6.68. The highest BCUT2D eigenvalue weighted by atomic mass is 35.5. The van der Waals surface area contributed by atoms with E-state index in [1.165, 1.54) is 44.5 Å². The maximum absolute atomic E-state index is 12.4. The molecular formula is C15H15ClN2O4S. The van der Waals surface area contributed by atoms with Crippen molar-refractivity contribution in [1.82, 2.24) is 5.32 Å². The molecule has 6 nitrogen and oxygen atoms in total. The summed E-state index contributed by atoms with van der Waals surface area (Å²) >= 11 is 5.82. The van der Waals surface area contributed by atoms with E-state index in [9.17, 15) is 13.2 Å². The summed E-state index contributed by atoms with van der Waals surface area (Å²) in [4.78, 5) is 11.6. The average molecular weight is 355 g/mol. The van der Waals surface area contributed by atoms with Gasteiger partial charge in [-0.25, -0.2) is 8.42 Å². The van der Waals surface area contributed by atoms with Crippen molar-refractivity contribution in [3.05, 3.63) is 53.1 Å². The minimum absolute atomic E-state index is 0.0300. The van der Waals surface area contributed by atoms with Crippen LogP contribution < -0.4 is 14.8 Å². The number of anilines is 1. The van der Waals surface area contributed by atoms with Gasteiger partial charge in [0.25, 0.3) is 15.9 Å². The Hall–Kier alpha value is -2.25. The minimum Gasteiger partial charge on any atom is -0.495 e. The van der Waals surface area contributed by atoms with Crippen LogP contribution in [0.1, 0.15) is 10.4 Å². The maximum atomic E-state index is 12.4. The van der Waals surface area contributed by atoms with Gasteiger partial charge in [0.05, 0.1) is 17.7 Å². The van der Waals surface area contributed by atoms with E-state index in [-0.39, 0.29) is 22.2 Å². The monoisotopic (exact) mass is 354 g/mol. The number of benzene rings is 2. The van der Waals surface area contributed by atoms with Gasteiger partial charge in [-0.15, -0.1) is 0 Å². The second kappa shape index (κ2) is 6.89. The Morgan fingerprint density at radius 1 is 1.17 bits per heavy atom. The van der Waals surface area contributed by atoms with E-state index in [2.05, 4.69) is 10.0 Å². The topological polar surface area (TPSA) is 84.5 Å². The Labute approximate surface area is 139 Å². The molecule has 0 aliphatic carbocycles. The smallest absolute Gasteiger partial charge is 0.262 e. The Kier molecular flexibility index (Phi) is 5.12. The predicted octanol–water partition coefficient (Wildman–Crippen LogP) is 2.51. The summed E-state index contributed by atoms with van der Waals surface area (Å²) in [5.74, 6) is -0.0655. The highest BCUT2D eigenvalue weighted by Gasteiger charge is 2.18. The first-order valence-corrected chi connectivity index (χ1v) is 8.42. The fourth-order valence-corrected chi connectivity index (χ4v) is 3.27. The number of sulfonamides is 1. The molecule has 0 radical (unpaired) electrons. The molecule has 2 aromatic rings. The first kappa shape index (κ1) is 17.1. The van der Waals surface area contributed by atoms with Crippen molar-refractivity contribution in [3.63, 3.8) is 0 Å². The Morgan fingerprint density at radius 3 is 2.52 bits per heavy atom. The molecule has 2 aromatic carbocycles. The molecule has 0 heterocycles. The summed E-state index contributed by atoms with van der Waals surface area (Å²) in [6, 6.07) is 10.3. The van der Waals surface area contributed by atoms with Gasteiger partial charge in [-0.05, 0) is 36.4 Å². The Balaban J connectivity index is 2.37. The fraction of sp³-hybridized carbons (Fsp3) is 0.133. The first-order valence-electron chi connectivity index (χ1n) is 6.56. The van der Waals surface area contributed by atoms with Crippen molar-refractivity contribution in [3.8, 4) is 5.75 Å². The lowest BCUT2D eigenvalue weighted by molar-refractivity contribution is 0.0963. The van der Waals surface area contributed by atoms with Crippen LogP contribution in [0.4, 0.5) is 5.69 Å². The lowest BCUT2D eigenvalue weighted by Gasteiger charge is -2.13. The zero-order valence-electron chi connectivity index (χ0n) is 12.5. The van der Waals surface area contributed by atoms with E-state index in [1.54, 1.807) is 12.1 Å². The summed E-state index contributed by atoms with van der Waals surface area (Å²) in [5.41, 5.74) is 0.579. The van der Waals surface area contributed by atoms with Crippen molar-refractivity contribution in [2.75, 3.05) is 18.9 Å². The molecule has 0 fully saturated rings. The number of nitrogens with one attached hydrogen (secondary N) is 2. The van der Waals surface area contributed by atoms with Crippen molar-refractivity contribution in [1.29, 1.82) is 0 Å². The highest BCUT2D eigenvalue weighted by Crippen LogP contribution is 2.28. The largest absolute Gasteiger partial charge is 0.495 e. The van der Waals surface area contributed by atoms with Gasteiger partial charge in [0, 0.05) is 17.6 Å². The van der Waals surface area contributed by atoms with Crippen LogP contribution in [0, 0.1) is 0 Å². The molecule has 0 aliphatic heterocycles. The molecule has 2 rings (SSSR count). The van der Waals surface area contributed by atoms with Gasteiger partial charge in [0.15, 0.2) is 0 Å². The first-order chi connectivity index (χ1) is 10.9. The van der Waals surface area contributed by atoms with Crippen molar-refractivity contribution < 1.29 is 17.9 Å². The minimum atomic E-state index is -3.82. The zero-order valence-corrected chi connectivity index (χ0v) is 14.0. The molecule has 2 N–H and O–H groups in total. The number of halogens is 1. The number of carbonyl (C=O) groups excluding carboxylic acids is 1. The Bertz CT molecular complexity index is 837. The summed E-state index contributed by atoms with van der Waals surface area (Å²) in [5, 5.41) is 2.80. The predicted molar refractivity (Wildman–Crippen MR) is 88.6 cm³/mol. The van der Waals surface area contributed by atoms with Crippen LogP contribution in [0.2, 0.25) is 5.02 Å². The number of methoxy groups -OCH3 is 1. The molecule has 0 aliphatic rings. The summed E-state index contributed by atoms with van der Waals surface area (Å²) in [6.07, 6.45) is 0. The Morgan fingerprint density at radius 2 is 1.91 bits per heavy atom. The van der Waals surface area contributed by atoms with E-state index >= 15 is 0 Å². The van der Waals surface area contributed by atoms with Crippen LogP contribution in [-0.4, -0.2) is 28.5 Å². The SMILES string of the molecule is CNC(=O)c1ccc(NS(=O)(=O)c2cccc(Cl)c2)c(OC)c1. The van der Waals surface area contributed by atoms with Crippen molar-refractivity contribution in [2.45, 2.75) is 4.90 Å². The number of hydrogen-bond donors (Lipinski definition) is 2. The van der Waals surface area contributed by atoms with Crippen molar-refractivity contribution in [2.24, 2.45) is 0 Å². The molecule has 0 saturated heterocycles. The number of ether oxygens (including phenoxy) is 1. The molecule has 23 heavy (non-hydrogen) atoms. The van der Waals surface area contributed by atoms with Crippen LogP contribution in [0.3, 0.4) is 0 Å². The summed E-state index contributed by atoms with van der Waals surface area (Å²) < 4.78 is 32.4. The van der Waals surface area contributed by atoms with Crippen LogP contribution in [0.25, 0.3) is 0 Å². The molecule has 0 unspecified atom stereocenters. The van der Waals surface area contributed by atoms with Gasteiger partial charge in [-0.3, -0.25) is 9.52 Å². The molecule has 0 spiro atoms. The standard InChI is InChI=1S/C15H15ClN2O4S/c1-17-15(19)10-6-7-13(14(8-10)22-2)18-23(20,21)12-5-3-4-11(16)9-12/h3-9,18H,1-2H3,(H,17,19). The zero-order chi connectivity index (χ0) is 17.0. The number of hydrogen-bond acceptors (Lipinski definition) is 4. The molecule has 1 amide bonds. The third-order valence-electron chi connectivity index (χ3n) is 3.04. The molecule has 0 bridgehead atoms. The molecule has 122 valence electrons. The lowest BCUT2D eigenvalue weighted by Crippen LogP contribution is -2.18. The average Bonchev–Trinajstić information content (AvgIpc) is 2.54. The van der Waals surface area contributed by atoms with Crippen molar-refractivity contribution >= 4 is 33.2 Å². The van der Waals surface area contributed by atoms with Crippen LogP contribution >= 0.6 is 11.6 Å². The van der Waals surface area contributed by atoms with E-state index in [0.717, 1.165) is 0 Å². The van der Waals surface area contributed by atoms with Gasteiger partial charge < -0.3 is 10.1 Å². The summed E-state index contributed by atoms with van der Waals surface area (Å²) in [6.45, 7) is 0. The third-order valence-corrected chi connectivity index (χ3v) is 4.64. The third kappa shape index (κ3) is 3.94. The molecule has 0 atom stereocenters. The van der Waals surface area contributed by atoms with Gasteiger partial charge in [0.1, 0.15) is 5.75 Å². The van der Waals surface area contributed by atoms with Gasteiger partial charge in [-0.1, -0.05) is 17.7 Å².